The number of nitrogens with zero attached hydrogens (tertiary/aromatic N) is 3. The van der Waals surface area contributed by atoms with Crippen LogP contribution in [0, 0.1) is 11.6 Å². The Bertz CT molecular complexity index is 675. The van der Waals surface area contributed by atoms with Gasteiger partial charge < -0.3 is 9.88 Å². The molecule has 0 aliphatic heterocycles. The molecular formula is C14H16F2N4OS. The van der Waals surface area contributed by atoms with Crippen LogP contribution in [0.15, 0.2) is 29.7 Å². The summed E-state index contributed by atoms with van der Waals surface area (Å²) in [5.74, 6) is -1.90. The lowest BCUT2D eigenvalue weighted by atomic mass is 10.3. The lowest BCUT2D eigenvalue weighted by Crippen LogP contribution is -2.23. The molecule has 1 N–H and O–H groups in total. The zero-order valence-corrected chi connectivity index (χ0v) is 13.2. The normalized spacial score (nSPS) is 12.5. The molecule has 118 valence electrons. The van der Waals surface area contributed by atoms with Crippen molar-refractivity contribution in [1.29, 1.82) is 0 Å². The van der Waals surface area contributed by atoms with Gasteiger partial charge in [0.2, 0.25) is 5.91 Å². The van der Waals surface area contributed by atoms with E-state index in [1.807, 2.05) is 18.4 Å². The summed E-state index contributed by atoms with van der Waals surface area (Å²) >= 11 is 1.22. The third-order valence-corrected chi connectivity index (χ3v) is 4.01. The van der Waals surface area contributed by atoms with Gasteiger partial charge in [0.15, 0.2) is 5.16 Å². The van der Waals surface area contributed by atoms with Gasteiger partial charge in [-0.05, 0) is 32.9 Å². The Balaban J connectivity index is 2.04. The van der Waals surface area contributed by atoms with Crippen molar-refractivity contribution in [2.24, 2.45) is 0 Å². The number of nitrogens with one attached hydrogen (secondary N) is 1. The first-order chi connectivity index (χ1) is 10.4. The van der Waals surface area contributed by atoms with Gasteiger partial charge in [0.1, 0.15) is 18.0 Å². The second kappa shape index (κ2) is 6.87. The molecule has 0 saturated carbocycles. The number of carbonyl (C=O) groups is 1. The van der Waals surface area contributed by atoms with Crippen molar-refractivity contribution in [1.82, 2.24) is 14.8 Å². The van der Waals surface area contributed by atoms with E-state index in [2.05, 4.69) is 15.5 Å². The van der Waals surface area contributed by atoms with Crippen LogP contribution in [0.2, 0.25) is 0 Å². The smallest absolute Gasteiger partial charge is 0.237 e. The lowest BCUT2D eigenvalue weighted by Gasteiger charge is -2.14. The number of hydrogen-bond acceptors (Lipinski definition) is 4. The van der Waals surface area contributed by atoms with Gasteiger partial charge in [-0.15, -0.1) is 10.2 Å². The number of hydrogen-bond donors (Lipinski definition) is 1. The van der Waals surface area contributed by atoms with Gasteiger partial charge in [0.05, 0.1) is 10.9 Å². The van der Waals surface area contributed by atoms with Crippen LogP contribution in [0.1, 0.15) is 26.8 Å². The fourth-order valence-electron chi connectivity index (χ4n) is 1.71. The number of rotatable bonds is 5. The Kier molecular flexibility index (Phi) is 5.12. The van der Waals surface area contributed by atoms with Gasteiger partial charge in [-0.2, -0.15) is 0 Å². The standard InChI is InChI=1S/C14H16F2N4OS/c1-8(2)20-7-17-19-14(20)22-9(3)13(21)18-12-5-4-10(15)6-11(12)16/h4-9H,1-3H3,(H,18,21)/t9-/m0/s1. The molecular weight excluding hydrogens is 310 g/mol. The van der Waals surface area contributed by atoms with Gasteiger partial charge in [-0.3, -0.25) is 4.79 Å². The molecule has 2 aromatic rings. The number of aromatic nitrogens is 3. The molecule has 0 aliphatic carbocycles. The quantitative estimate of drug-likeness (QED) is 0.857. The fourth-order valence-corrected chi connectivity index (χ4v) is 2.66. The van der Waals surface area contributed by atoms with Crippen molar-refractivity contribution in [3.05, 3.63) is 36.2 Å². The van der Waals surface area contributed by atoms with E-state index in [-0.39, 0.29) is 11.7 Å². The molecule has 1 aromatic carbocycles. The van der Waals surface area contributed by atoms with Crippen LogP contribution in [0.3, 0.4) is 0 Å². The summed E-state index contributed by atoms with van der Waals surface area (Å²) in [5, 5.41) is 10.3. The molecule has 2 rings (SSSR count). The first-order valence-corrected chi connectivity index (χ1v) is 7.58. The molecule has 1 atom stereocenters. The maximum Gasteiger partial charge on any atom is 0.237 e. The summed E-state index contributed by atoms with van der Waals surface area (Å²) in [6, 6.07) is 3.17. The summed E-state index contributed by atoms with van der Waals surface area (Å²) in [5.41, 5.74) is -0.0517. The zero-order valence-electron chi connectivity index (χ0n) is 12.4. The Morgan fingerprint density at radius 3 is 2.68 bits per heavy atom. The van der Waals surface area contributed by atoms with E-state index in [1.54, 1.807) is 13.3 Å². The predicted octanol–water partition coefficient (Wildman–Crippen LogP) is 3.26. The number of thioether (sulfide) groups is 1. The minimum atomic E-state index is -0.809. The third kappa shape index (κ3) is 3.82. The van der Waals surface area contributed by atoms with E-state index in [0.717, 1.165) is 12.1 Å². The third-order valence-electron chi connectivity index (χ3n) is 2.94. The topological polar surface area (TPSA) is 59.8 Å². The molecule has 0 aliphatic rings. The van der Waals surface area contributed by atoms with Crippen LogP contribution >= 0.6 is 11.8 Å². The molecule has 0 radical (unpaired) electrons. The average molecular weight is 326 g/mol. The number of anilines is 1. The summed E-state index contributed by atoms with van der Waals surface area (Å²) in [6.07, 6.45) is 1.59. The first kappa shape index (κ1) is 16.4. The van der Waals surface area contributed by atoms with Crippen LogP contribution in [0.5, 0.6) is 0 Å². The molecule has 0 saturated heterocycles. The highest BCUT2D eigenvalue weighted by Crippen LogP contribution is 2.25. The highest BCUT2D eigenvalue weighted by molar-refractivity contribution is 8.00. The minimum Gasteiger partial charge on any atom is -0.323 e. The molecule has 0 bridgehead atoms. The molecule has 22 heavy (non-hydrogen) atoms. The predicted molar refractivity (Wildman–Crippen MR) is 80.7 cm³/mol. The molecule has 5 nitrogen and oxygen atoms in total. The molecule has 0 unspecified atom stereocenters. The summed E-state index contributed by atoms with van der Waals surface area (Å²) in [4.78, 5) is 12.1. The lowest BCUT2D eigenvalue weighted by molar-refractivity contribution is -0.115. The van der Waals surface area contributed by atoms with E-state index < -0.39 is 22.8 Å². The van der Waals surface area contributed by atoms with E-state index in [9.17, 15) is 13.6 Å². The maximum absolute atomic E-state index is 13.5. The van der Waals surface area contributed by atoms with Crippen LogP contribution in [0.4, 0.5) is 14.5 Å². The zero-order chi connectivity index (χ0) is 16.3. The molecule has 0 fully saturated rings. The fraction of sp³-hybridized carbons (Fsp3) is 0.357. The van der Waals surface area contributed by atoms with Crippen molar-refractivity contribution in [3.63, 3.8) is 0 Å². The molecule has 1 amide bonds. The Labute approximate surface area is 131 Å². The Morgan fingerprint density at radius 2 is 2.05 bits per heavy atom. The molecule has 1 aromatic heterocycles. The van der Waals surface area contributed by atoms with Crippen LogP contribution in [-0.4, -0.2) is 25.9 Å². The highest BCUT2D eigenvalue weighted by atomic mass is 32.2. The van der Waals surface area contributed by atoms with E-state index in [1.165, 1.54) is 17.8 Å². The van der Waals surface area contributed by atoms with Crippen molar-refractivity contribution in [2.75, 3.05) is 5.32 Å². The van der Waals surface area contributed by atoms with Crippen LogP contribution < -0.4 is 5.32 Å². The molecule has 8 heteroatoms. The second-order valence-corrected chi connectivity index (χ2v) is 6.30. The molecule has 0 spiro atoms. The highest BCUT2D eigenvalue weighted by Gasteiger charge is 2.19. The van der Waals surface area contributed by atoms with Gasteiger partial charge in [-0.25, -0.2) is 8.78 Å². The van der Waals surface area contributed by atoms with E-state index in [0.29, 0.717) is 5.16 Å². The SMILES string of the molecule is CC(C)n1cnnc1S[C@@H](C)C(=O)Nc1ccc(F)cc1F. The number of halogens is 2. The van der Waals surface area contributed by atoms with E-state index in [4.69, 9.17) is 0 Å². The summed E-state index contributed by atoms with van der Waals surface area (Å²) in [6.45, 7) is 5.64. The summed E-state index contributed by atoms with van der Waals surface area (Å²) in [7, 11) is 0. The number of benzene rings is 1. The van der Waals surface area contributed by atoms with Gasteiger partial charge >= 0.3 is 0 Å². The largest absolute Gasteiger partial charge is 0.323 e. The number of carbonyl (C=O) groups excluding carboxylic acids is 1. The average Bonchev–Trinajstić information content (AvgIpc) is 2.90. The van der Waals surface area contributed by atoms with Crippen LogP contribution in [-0.2, 0) is 4.79 Å². The maximum atomic E-state index is 13.5. The molecule has 1 heterocycles. The van der Waals surface area contributed by atoms with Crippen molar-refractivity contribution >= 4 is 23.4 Å². The minimum absolute atomic E-state index is 0.0517. The van der Waals surface area contributed by atoms with Gasteiger partial charge in [-0.1, -0.05) is 11.8 Å². The van der Waals surface area contributed by atoms with E-state index >= 15 is 0 Å². The Morgan fingerprint density at radius 1 is 1.32 bits per heavy atom. The summed E-state index contributed by atoms with van der Waals surface area (Å²) < 4.78 is 28.2. The van der Waals surface area contributed by atoms with Gasteiger partial charge in [0, 0.05) is 12.1 Å². The van der Waals surface area contributed by atoms with Crippen molar-refractivity contribution < 1.29 is 13.6 Å². The Hall–Kier alpha value is -1.96. The van der Waals surface area contributed by atoms with Crippen molar-refractivity contribution in [2.45, 2.75) is 37.2 Å². The van der Waals surface area contributed by atoms with Crippen molar-refractivity contribution in [3.8, 4) is 0 Å². The van der Waals surface area contributed by atoms with Crippen LogP contribution in [0.25, 0.3) is 0 Å². The number of amides is 1. The second-order valence-electron chi connectivity index (χ2n) is 4.99. The monoisotopic (exact) mass is 326 g/mol. The first-order valence-electron chi connectivity index (χ1n) is 6.70. The van der Waals surface area contributed by atoms with Gasteiger partial charge in [0.25, 0.3) is 0 Å².